The lowest BCUT2D eigenvalue weighted by atomic mass is 10.00. The molecule has 0 aliphatic carbocycles. The number of nitrogen functional groups attached to an aromatic ring is 1. The van der Waals surface area contributed by atoms with Crippen LogP contribution in [0.15, 0.2) is 18.2 Å². The van der Waals surface area contributed by atoms with Crippen molar-refractivity contribution in [1.82, 2.24) is 4.90 Å². The van der Waals surface area contributed by atoms with E-state index in [1.165, 1.54) is 18.2 Å². The van der Waals surface area contributed by atoms with E-state index in [0.29, 0.717) is 19.8 Å². The zero-order valence-electron chi connectivity index (χ0n) is 11.5. The molecule has 1 aliphatic rings. The Morgan fingerprint density at radius 1 is 1.50 bits per heavy atom. The lowest BCUT2D eigenvalue weighted by Crippen LogP contribution is -2.55. The van der Waals surface area contributed by atoms with Crippen molar-refractivity contribution in [2.45, 2.75) is 19.4 Å². The molecule has 2 rings (SSSR count). The average molecular weight is 279 g/mol. The minimum Gasteiger partial charge on any atom is -0.393 e. The molecule has 0 unspecified atom stereocenters. The topological polar surface area (TPSA) is 98.7 Å². The van der Waals surface area contributed by atoms with Crippen molar-refractivity contribution in [3.8, 4) is 0 Å². The highest BCUT2D eigenvalue weighted by Crippen LogP contribution is 2.28. The van der Waals surface area contributed by atoms with Crippen LogP contribution in [0, 0.1) is 10.1 Å². The molecule has 2 N–H and O–H groups in total. The molecule has 108 valence electrons. The van der Waals surface area contributed by atoms with E-state index in [0.717, 1.165) is 0 Å². The number of anilines is 1. The molecule has 0 saturated carbocycles. The standard InChI is InChI=1S/C13H17N3O4/c1-13(2)8-20-7-6-15(13)12(17)9-4-3-5-10(11(9)14)16(18)19/h3-5H,6-8,14H2,1-2H3. The largest absolute Gasteiger partial charge is 0.393 e. The van der Waals surface area contributed by atoms with Crippen molar-refractivity contribution in [3.63, 3.8) is 0 Å². The minimum absolute atomic E-state index is 0.0928. The summed E-state index contributed by atoms with van der Waals surface area (Å²) < 4.78 is 5.36. The molecule has 0 atom stereocenters. The number of carbonyl (C=O) groups excluding carboxylic acids is 1. The molecule has 0 spiro atoms. The molecule has 7 nitrogen and oxygen atoms in total. The molecule has 1 fully saturated rings. The Morgan fingerprint density at radius 3 is 2.80 bits per heavy atom. The summed E-state index contributed by atoms with van der Waals surface area (Å²) in [5.41, 5.74) is 5.11. The van der Waals surface area contributed by atoms with Crippen molar-refractivity contribution in [2.75, 3.05) is 25.5 Å². The summed E-state index contributed by atoms with van der Waals surface area (Å²) in [5, 5.41) is 10.9. The van der Waals surface area contributed by atoms with E-state index in [1.807, 2.05) is 13.8 Å². The van der Waals surface area contributed by atoms with Gasteiger partial charge in [0.05, 0.1) is 29.2 Å². The molecular formula is C13H17N3O4. The fourth-order valence-electron chi connectivity index (χ4n) is 2.28. The maximum absolute atomic E-state index is 12.6. The van der Waals surface area contributed by atoms with Gasteiger partial charge in [0.1, 0.15) is 5.69 Å². The van der Waals surface area contributed by atoms with Gasteiger partial charge in [-0.1, -0.05) is 6.07 Å². The van der Waals surface area contributed by atoms with E-state index in [1.54, 1.807) is 4.90 Å². The Bertz CT molecular complexity index is 557. The molecule has 1 amide bonds. The fraction of sp³-hybridized carbons (Fsp3) is 0.462. The summed E-state index contributed by atoms with van der Waals surface area (Å²) in [4.78, 5) is 24.5. The zero-order valence-corrected chi connectivity index (χ0v) is 11.5. The normalized spacial score (nSPS) is 17.8. The van der Waals surface area contributed by atoms with Crippen LogP contribution in [0.4, 0.5) is 11.4 Å². The first kappa shape index (κ1) is 14.3. The molecule has 0 radical (unpaired) electrons. The molecule has 7 heteroatoms. The Kier molecular flexibility index (Phi) is 3.63. The fourth-order valence-corrected chi connectivity index (χ4v) is 2.28. The number of hydrogen-bond acceptors (Lipinski definition) is 5. The number of morpholine rings is 1. The van der Waals surface area contributed by atoms with E-state index in [9.17, 15) is 14.9 Å². The number of carbonyl (C=O) groups is 1. The number of amides is 1. The number of nitrogens with two attached hydrogens (primary N) is 1. The van der Waals surface area contributed by atoms with E-state index in [2.05, 4.69) is 0 Å². The van der Waals surface area contributed by atoms with E-state index in [4.69, 9.17) is 10.5 Å². The Balaban J connectivity index is 2.39. The summed E-state index contributed by atoms with van der Waals surface area (Å²) in [6.45, 7) is 5.08. The van der Waals surface area contributed by atoms with Crippen molar-refractivity contribution >= 4 is 17.3 Å². The molecule has 0 aromatic heterocycles. The van der Waals surface area contributed by atoms with Crippen LogP contribution in [-0.4, -0.2) is 41.0 Å². The van der Waals surface area contributed by atoms with Crippen LogP contribution in [0.25, 0.3) is 0 Å². The predicted molar refractivity (Wildman–Crippen MR) is 73.4 cm³/mol. The van der Waals surface area contributed by atoms with Crippen LogP contribution in [0.3, 0.4) is 0 Å². The summed E-state index contributed by atoms with van der Waals surface area (Å²) >= 11 is 0. The minimum atomic E-state index is -0.587. The van der Waals surface area contributed by atoms with Gasteiger partial charge in [0, 0.05) is 12.6 Å². The lowest BCUT2D eigenvalue weighted by molar-refractivity contribution is -0.383. The maximum atomic E-state index is 12.6. The van der Waals surface area contributed by atoms with Gasteiger partial charge in [-0.25, -0.2) is 0 Å². The molecule has 20 heavy (non-hydrogen) atoms. The number of rotatable bonds is 2. The quantitative estimate of drug-likeness (QED) is 0.501. The highest BCUT2D eigenvalue weighted by atomic mass is 16.6. The molecule has 0 bridgehead atoms. The van der Waals surface area contributed by atoms with E-state index >= 15 is 0 Å². The van der Waals surface area contributed by atoms with Crippen molar-refractivity contribution in [3.05, 3.63) is 33.9 Å². The molecular weight excluding hydrogens is 262 g/mol. The first-order valence-corrected chi connectivity index (χ1v) is 6.27. The molecule has 1 aliphatic heterocycles. The van der Waals surface area contributed by atoms with Crippen molar-refractivity contribution in [2.24, 2.45) is 0 Å². The van der Waals surface area contributed by atoms with Gasteiger partial charge in [-0.15, -0.1) is 0 Å². The smallest absolute Gasteiger partial charge is 0.292 e. The first-order valence-electron chi connectivity index (χ1n) is 6.27. The highest BCUT2D eigenvalue weighted by Gasteiger charge is 2.36. The van der Waals surface area contributed by atoms with Gasteiger partial charge in [-0.05, 0) is 19.9 Å². The third kappa shape index (κ3) is 2.44. The van der Waals surface area contributed by atoms with Crippen LogP contribution in [0.5, 0.6) is 0 Å². The third-order valence-electron chi connectivity index (χ3n) is 3.40. The summed E-state index contributed by atoms with van der Waals surface area (Å²) in [6.07, 6.45) is 0. The number of nitrogens with zero attached hydrogens (tertiary/aromatic N) is 2. The summed E-state index contributed by atoms with van der Waals surface area (Å²) in [6, 6.07) is 4.27. The molecule has 1 aromatic carbocycles. The molecule has 1 heterocycles. The highest BCUT2D eigenvalue weighted by molar-refractivity contribution is 6.01. The van der Waals surface area contributed by atoms with Gasteiger partial charge >= 0.3 is 0 Å². The van der Waals surface area contributed by atoms with E-state index < -0.39 is 10.5 Å². The lowest BCUT2D eigenvalue weighted by Gasteiger charge is -2.42. The number of ether oxygens (including phenoxy) is 1. The summed E-state index contributed by atoms with van der Waals surface area (Å²) in [5.74, 6) is -0.306. The number of benzene rings is 1. The van der Waals surface area contributed by atoms with Crippen LogP contribution in [-0.2, 0) is 4.74 Å². The van der Waals surface area contributed by atoms with Crippen LogP contribution < -0.4 is 5.73 Å². The van der Waals surface area contributed by atoms with E-state index in [-0.39, 0.29) is 22.8 Å². The molecule has 1 saturated heterocycles. The SMILES string of the molecule is CC1(C)COCCN1C(=O)c1cccc([N+](=O)[O-])c1N. The van der Waals surface area contributed by atoms with Gasteiger partial charge in [-0.3, -0.25) is 14.9 Å². The second-order valence-electron chi connectivity index (χ2n) is 5.32. The number of hydrogen-bond donors (Lipinski definition) is 1. The van der Waals surface area contributed by atoms with Gasteiger partial charge in [-0.2, -0.15) is 0 Å². The number of nitro benzene ring substituents is 1. The number of nitro groups is 1. The second kappa shape index (κ2) is 5.09. The monoisotopic (exact) mass is 279 g/mol. The van der Waals surface area contributed by atoms with Crippen molar-refractivity contribution < 1.29 is 14.5 Å². The maximum Gasteiger partial charge on any atom is 0.292 e. The Hall–Kier alpha value is -2.15. The van der Waals surface area contributed by atoms with Crippen LogP contribution in [0.2, 0.25) is 0 Å². The van der Waals surface area contributed by atoms with Crippen LogP contribution in [0.1, 0.15) is 24.2 Å². The van der Waals surface area contributed by atoms with Gasteiger partial charge in [0.2, 0.25) is 0 Å². The van der Waals surface area contributed by atoms with Gasteiger partial charge < -0.3 is 15.4 Å². The van der Waals surface area contributed by atoms with Crippen molar-refractivity contribution in [1.29, 1.82) is 0 Å². The van der Waals surface area contributed by atoms with Gasteiger partial charge in [0.15, 0.2) is 0 Å². The zero-order chi connectivity index (χ0) is 14.9. The summed E-state index contributed by atoms with van der Waals surface area (Å²) in [7, 11) is 0. The van der Waals surface area contributed by atoms with Crippen LogP contribution >= 0.6 is 0 Å². The Labute approximate surface area is 116 Å². The first-order chi connectivity index (χ1) is 9.34. The predicted octanol–water partition coefficient (Wildman–Crippen LogP) is 1.43. The third-order valence-corrected chi connectivity index (χ3v) is 3.40. The molecule has 1 aromatic rings. The Morgan fingerprint density at radius 2 is 2.20 bits per heavy atom. The average Bonchev–Trinajstić information content (AvgIpc) is 2.37. The van der Waals surface area contributed by atoms with Gasteiger partial charge in [0.25, 0.3) is 11.6 Å². The second-order valence-corrected chi connectivity index (χ2v) is 5.32. The number of para-hydroxylation sites is 1.